The zero-order valence-electron chi connectivity index (χ0n) is 16.5. The summed E-state index contributed by atoms with van der Waals surface area (Å²) >= 11 is 0. The third-order valence-electron chi connectivity index (χ3n) is 4.95. The number of likely N-dealkylation sites (tertiary alicyclic amines) is 1. The molecule has 0 aromatic rings. The summed E-state index contributed by atoms with van der Waals surface area (Å²) in [5.41, 5.74) is 0. The molecular weight excluding hydrogens is 334 g/mol. The molecule has 0 saturated carbocycles. The van der Waals surface area contributed by atoms with Crippen molar-refractivity contribution in [1.29, 1.82) is 0 Å². The number of esters is 1. The second kappa shape index (κ2) is 10.8. The second-order valence-corrected chi connectivity index (χ2v) is 7.75. The van der Waals surface area contributed by atoms with E-state index in [1.54, 1.807) is 0 Å². The standard InChI is InChI=1S/C19H35N3O4/c1-4-25-19(24)16-5-7-21(8-6-16)14-18(23)20-11-17-13-22(9-10-26-17)12-15(2)3/h15-17H,4-14H2,1-3H3,(H,20,23). The van der Waals surface area contributed by atoms with Crippen molar-refractivity contribution in [1.82, 2.24) is 15.1 Å². The van der Waals surface area contributed by atoms with E-state index < -0.39 is 0 Å². The van der Waals surface area contributed by atoms with Gasteiger partial charge in [0.1, 0.15) is 0 Å². The van der Waals surface area contributed by atoms with Gasteiger partial charge in [0.25, 0.3) is 0 Å². The van der Waals surface area contributed by atoms with Crippen LogP contribution in [-0.4, -0.2) is 86.8 Å². The minimum absolute atomic E-state index is 0.0168. The van der Waals surface area contributed by atoms with Gasteiger partial charge in [0.05, 0.1) is 31.8 Å². The van der Waals surface area contributed by atoms with Crippen molar-refractivity contribution in [2.24, 2.45) is 11.8 Å². The first-order valence-electron chi connectivity index (χ1n) is 9.97. The van der Waals surface area contributed by atoms with Gasteiger partial charge >= 0.3 is 5.97 Å². The summed E-state index contributed by atoms with van der Waals surface area (Å²) in [6, 6.07) is 0. The summed E-state index contributed by atoms with van der Waals surface area (Å²) in [7, 11) is 0. The fraction of sp³-hybridized carbons (Fsp3) is 0.895. The van der Waals surface area contributed by atoms with E-state index in [1.165, 1.54) is 0 Å². The normalized spacial score (nSPS) is 23.2. The molecule has 7 nitrogen and oxygen atoms in total. The van der Waals surface area contributed by atoms with E-state index in [0.717, 1.165) is 52.2 Å². The van der Waals surface area contributed by atoms with Gasteiger partial charge in [0, 0.05) is 26.2 Å². The van der Waals surface area contributed by atoms with E-state index in [0.29, 0.717) is 25.6 Å². The fourth-order valence-corrected chi connectivity index (χ4v) is 3.66. The Morgan fingerprint density at radius 1 is 1.19 bits per heavy atom. The Morgan fingerprint density at radius 2 is 1.92 bits per heavy atom. The van der Waals surface area contributed by atoms with Gasteiger partial charge in [0.2, 0.25) is 5.91 Å². The Bertz CT molecular complexity index is 450. The predicted octanol–water partition coefficient (Wildman–Crippen LogP) is 0.735. The number of hydrogen-bond donors (Lipinski definition) is 1. The number of morpholine rings is 1. The molecule has 1 amide bonds. The molecule has 150 valence electrons. The van der Waals surface area contributed by atoms with Gasteiger partial charge in [-0.1, -0.05) is 13.8 Å². The van der Waals surface area contributed by atoms with Crippen LogP contribution < -0.4 is 5.32 Å². The summed E-state index contributed by atoms with van der Waals surface area (Å²) in [5.74, 6) is 0.555. The van der Waals surface area contributed by atoms with Crippen LogP contribution in [0, 0.1) is 11.8 Å². The number of nitrogens with zero attached hydrogens (tertiary/aromatic N) is 2. The molecule has 1 N–H and O–H groups in total. The Balaban J connectivity index is 1.63. The van der Waals surface area contributed by atoms with Gasteiger partial charge in [-0.25, -0.2) is 0 Å². The van der Waals surface area contributed by atoms with Crippen LogP contribution in [-0.2, 0) is 19.1 Å². The first-order chi connectivity index (χ1) is 12.5. The lowest BCUT2D eigenvalue weighted by molar-refractivity contribution is -0.149. The van der Waals surface area contributed by atoms with Crippen LogP contribution in [0.25, 0.3) is 0 Å². The molecule has 0 bridgehead atoms. The van der Waals surface area contributed by atoms with Crippen molar-refractivity contribution in [2.45, 2.75) is 39.7 Å². The minimum Gasteiger partial charge on any atom is -0.466 e. The Morgan fingerprint density at radius 3 is 2.58 bits per heavy atom. The summed E-state index contributed by atoms with van der Waals surface area (Å²) < 4.78 is 10.9. The first kappa shape index (κ1) is 21.1. The van der Waals surface area contributed by atoms with Gasteiger partial charge in [0.15, 0.2) is 0 Å². The minimum atomic E-state index is -0.1000. The summed E-state index contributed by atoms with van der Waals surface area (Å²) in [5, 5.41) is 3.00. The molecule has 1 atom stereocenters. The quantitative estimate of drug-likeness (QED) is 0.636. The topological polar surface area (TPSA) is 71.1 Å². The summed E-state index contributed by atoms with van der Waals surface area (Å²) in [4.78, 5) is 28.5. The molecule has 2 heterocycles. The van der Waals surface area contributed by atoms with Crippen LogP contribution in [0.4, 0.5) is 0 Å². The number of hydrogen-bond acceptors (Lipinski definition) is 6. The highest BCUT2D eigenvalue weighted by Gasteiger charge is 2.27. The molecule has 2 fully saturated rings. The molecule has 0 aromatic carbocycles. The second-order valence-electron chi connectivity index (χ2n) is 7.75. The summed E-state index contributed by atoms with van der Waals surface area (Å²) in [6.07, 6.45) is 1.60. The number of carbonyl (C=O) groups excluding carboxylic acids is 2. The van der Waals surface area contributed by atoms with Crippen molar-refractivity contribution < 1.29 is 19.1 Å². The van der Waals surface area contributed by atoms with E-state index in [1.807, 2.05) is 6.92 Å². The maximum atomic E-state index is 12.2. The lowest BCUT2D eigenvalue weighted by Crippen LogP contribution is -2.50. The Kier molecular flexibility index (Phi) is 8.81. The SMILES string of the molecule is CCOC(=O)C1CCN(CC(=O)NCC2CN(CC(C)C)CCO2)CC1. The van der Waals surface area contributed by atoms with Crippen molar-refractivity contribution >= 4 is 11.9 Å². The maximum Gasteiger partial charge on any atom is 0.309 e. The van der Waals surface area contributed by atoms with Crippen LogP contribution >= 0.6 is 0 Å². The summed E-state index contributed by atoms with van der Waals surface area (Å²) in [6.45, 7) is 12.8. The van der Waals surface area contributed by atoms with Crippen LogP contribution in [0.2, 0.25) is 0 Å². The van der Waals surface area contributed by atoms with Gasteiger partial charge in [-0.3, -0.25) is 19.4 Å². The van der Waals surface area contributed by atoms with Gasteiger partial charge in [-0.05, 0) is 38.8 Å². The monoisotopic (exact) mass is 369 g/mol. The highest BCUT2D eigenvalue weighted by atomic mass is 16.5. The lowest BCUT2D eigenvalue weighted by atomic mass is 9.97. The lowest BCUT2D eigenvalue weighted by Gasteiger charge is -2.34. The van der Waals surface area contributed by atoms with Crippen molar-refractivity contribution in [3.05, 3.63) is 0 Å². The van der Waals surface area contributed by atoms with Gasteiger partial charge in [-0.2, -0.15) is 0 Å². The Hall–Kier alpha value is -1.18. The van der Waals surface area contributed by atoms with E-state index in [4.69, 9.17) is 9.47 Å². The highest BCUT2D eigenvalue weighted by molar-refractivity contribution is 5.78. The average molecular weight is 370 g/mol. The largest absolute Gasteiger partial charge is 0.466 e. The number of ether oxygens (including phenoxy) is 2. The fourth-order valence-electron chi connectivity index (χ4n) is 3.66. The number of rotatable bonds is 8. The van der Waals surface area contributed by atoms with Crippen LogP contribution in [0.3, 0.4) is 0 Å². The molecule has 0 spiro atoms. The van der Waals surface area contributed by atoms with Gasteiger partial charge < -0.3 is 14.8 Å². The number of carbonyl (C=O) groups is 2. The predicted molar refractivity (Wildman–Crippen MR) is 99.8 cm³/mol. The third kappa shape index (κ3) is 7.21. The molecule has 0 radical (unpaired) electrons. The van der Waals surface area contributed by atoms with Crippen molar-refractivity contribution in [3.8, 4) is 0 Å². The third-order valence-corrected chi connectivity index (χ3v) is 4.95. The van der Waals surface area contributed by atoms with Crippen LogP contribution in [0.15, 0.2) is 0 Å². The smallest absolute Gasteiger partial charge is 0.309 e. The molecular formula is C19H35N3O4. The molecule has 26 heavy (non-hydrogen) atoms. The van der Waals surface area contributed by atoms with Crippen LogP contribution in [0.1, 0.15) is 33.6 Å². The first-order valence-corrected chi connectivity index (χ1v) is 9.97. The van der Waals surface area contributed by atoms with E-state index in [-0.39, 0.29) is 23.9 Å². The molecule has 2 saturated heterocycles. The number of nitrogens with one attached hydrogen (secondary N) is 1. The zero-order valence-corrected chi connectivity index (χ0v) is 16.5. The van der Waals surface area contributed by atoms with E-state index in [9.17, 15) is 9.59 Å². The van der Waals surface area contributed by atoms with Crippen molar-refractivity contribution in [2.75, 3.05) is 59.0 Å². The molecule has 0 aliphatic carbocycles. The molecule has 2 rings (SSSR count). The molecule has 2 aliphatic rings. The molecule has 2 aliphatic heterocycles. The number of amides is 1. The molecule has 7 heteroatoms. The highest BCUT2D eigenvalue weighted by Crippen LogP contribution is 2.18. The van der Waals surface area contributed by atoms with E-state index >= 15 is 0 Å². The average Bonchev–Trinajstić information content (AvgIpc) is 2.60. The van der Waals surface area contributed by atoms with E-state index in [2.05, 4.69) is 29.0 Å². The van der Waals surface area contributed by atoms with Crippen LogP contribution in [0.5, 0.6) is 0 Å². The molecule has 0 aromatic heterocycles. The zero-order chi connectivity index (χ0) is 18.9. The Labute approximate surface area is 157 Å². The number of piperidine rings is 1. The maximum absolute atomic E-state index is 12.2. The van der Waals surface area contributed by atoms with Crippen molar-refractivity contribution in [3.63, 3.8) is 0 Å². The molecule has 1 unspecified atom stereocenters. The van der Waals surface area contributed by atoms with Gasteiger partial charge in [-0.15, -0.1) is 0 Å².